The summed E-state index contributed by atoms with van der Waals surface area (Å²) in [5, 5.41) is 0. The molecular weight excluding hydrogens is 447 g/mol. The Morgan fingerprint density at radius 2 is 1.42 bits per heavy atom. The lowest BCUT2D eigenvalue weighted by Crippen LogP contribution is -2.46. The second-order valence-electron chi connectivity index (χ2n) is 7.49. The van der Waals surface area contributed by atoms with Crippen molar-refractivity contribution in [3.63, 3.8) is 0 Å². The van der Waals surface area contributed by atoms with E-state index in [0.29, 0.717) is 6.61 Å². The van der Waals surface area contributed by atoms with E-state index in [1.54, 1.807) is 0 Å². The van der Waals surface area contributed by atoms with Crippen molar-refractivity contribution in [3.05, 3.63) is 0 Å². The fourth-order valence-corrected chi connectivity index (χ4v) is 4.27. The van der Waals surface area contributed by atoms with Gasteiger partial charge in [-0.15, -0.1) is 0 Å². The number of ether oxygens (including phenoxy) is 2. The number of hydrogen-bond acceptors (Lipinski definition) is 7. The van der Waals surface area contributed by atoms with E-state index >= 15 is 0 Å². The van der Waals surface area contributed by atoms with Gasteiger partial charge in [-0.2, -0.15) is 0 Å². The molecule has 0 aliphatic carbocycles. The number of hydrogen-bond donors (Lipinski definition) is 0. The topological polar surface area (TPSA) is 48.5 Å². The van der Waals surface area contributed by atoms with E-state index in [0.717, 1.165) is 71.9 Å². The van der Waals surface area contributed by atoms with Gasteiger partial charge in [0.2, 0.25) is 0 Å². The first-order valence-corrected chi connectivity index (χ1v) is 11.0. The molecule has 150 valence electrons. The maximum Gasteiger partial charge on any atom is 0.309 e. The number of piperidine rings is 1. The molecule has 3 aliphatic rings. The highest BCUT2D eigenvalue weighted by atomic mass is 127. The largest absolute Gasteiger partial charge is 0.464 e. The molecule has 3 saturated heterocycles. The molecule has 0 aromatic carbocycles. The van der Waals surface area contributed by atoms with E-state index in [1.807, 2.05) is 0 Å². The number of piperazine rings is 1. The molecule has 0 radical (unpaired) electrons. The normalized spacial score (nSPS) is 25.4. The van der Waals surface area contributed by atoms with Crippen molar-refractivity contribution in [3.8, 4) is 0 Å². The highest BCUT2D eigenvalue weighted by Gasteiger charge is 2.26. The third-order valence-corrected chi connectivity index (χ3v) is 6.69. The Morgan fingerprint density at radius 1 is 0.846 bits per heavy atom. The highest BCUT2D eigenvalue weighted by molar-refractivity contribution is 14.1. The van der Waals surface area contributed by atoms with Crippen LogP contribution in [0.2, 0.25) is 0 Å². The van der Waals surface area contributed by atoms with Gasteiger partial charge in [-0.3, -0.25) is 14.6 Å². The van der Waals surface area contributed by atoms with Crippen LogP contribution < -0.4 is 0 Å². The Morgan fingerprint density at radius 3 is 2.08 bits per heavy atom. The van der Waals surface area contributed by atoms with Crippen LogP contribution in [0.25, 0.3) is 0 Å². The number of carbonyl (C=O) groups is 1. The minimum Gasteiger partial charge on any atom is -0.464 e. The number of halogens is 1. The van der Waals surface area contributed by atoms with Crippen molar-refractivity contribution < 1.29 is 14.3 Å². The molecule has 0 unspecified atom stereocenters. The first kappa shape index (κ1) is 20.7. The molecule has 3 aliphatic heterocycles. The Labute approximate surface area is 171 Å². The van der Waals surface area contributed by atoms with Crippen LogP contribution in [0.15, 0.2) is 0 Å². The average molecular weight is 480 g/mol. The van der Waals surface area contributed by atoms with Crippen LogP contribution in [0.4, 0.5) is 0 Å². The van der Waals surface area contributed by atoms with Crippen LogP contribution in [0.3, 0.4) is 0 Å². The van der Waals surface area contributed by atoms with Crippen LogP contribution in [0.5, 0.6) is 0 Å². The van der Waals surface area contributed by atoms with E-state index < -0.39 is 0 Å². The van der Waals surface area contributed by atoms with Gasteiger partial charge in [0.05, 0.1) is 19.1 Å². The fourth-order valence-electron chi connectivity index (χ4n) is 3.84. The average Bonchev–Trinajstić information content (AvgIpc) is 2.69. The number of rotatable bonds is 7. The maximum atomic E-state index is 12.3. The van der Waals surface area contributed by atoms with Gasteiger partial charge in [0.25, 0.3) is 0 Å². The molecule has 3 heterocycles. The van der Waals surface area contributed by atoms with Crippen molar-refractivity contribution in [2.75, 3.05) is 91.8 Å². The second kappa shape index (κ2) is 11.1. The summed E-state index contributed by atoms with van der Waals surface area (Å²) in [5.41, 5.74) is 0. The van der Waals surface area contributed by atoms with Crippen LogP contribution >= 0.6 is 22.9 Å². The Bertz CT molecular complexity index is 421. The molecule has 0 spiro atoms. The summed E-state index contributed by atoms with van der Waals surface area (Å²) < 4.78 is 13.2. The molecule has 8 heteroatoms. The van der Waals surface area contributed by atoms with Crippen LogP contribution in [-0.4, -0.2) is 116 Å². The third-order valence-electron chi connectivity index (χ3n) is 5.73. The van der Waals surface area contributed by atoms with Gasteiger partial charge < -0.3 is 14.4 Å². The fraction of sp³-hybridized carbons (Fsp3) is 0.944. The summed E-state index contributed by atoms with van der Waals surface area (Å²) in [5.74, 6) is 0.106. The van der Waals surface area contributed by atoms with Crippen molar-refractivity contribution in [2.24, 2.45) is 5.92 Å². The molecule has 0 saturated carbocycles. The number of morpholine rings is 1. The molecule has 0 atom stereocenters. The van der Waals surface area contributed by atoms with Crippen LogP contribution in [0.1, 0.15) is 12.8 Å². The summed E-state index contributed by atoms with van der Waals surface area (Å²) in [6.45, 7) is 13.8. The van der Waals surface area contributed by atoms with Gasteiger partial charge in [0.15, 0.2) is 0 Å². The molecule has 0 aromatic heterocycles. The Hall–Kier alpha value is -0.000000000000000222. The van der Waals surface area contributed by atoms with Gasteiger partial charge in [0.1, 0.15) is 6.61 Å². The third kappa shape index (κ3) is 6.87. The predicted octanol–water partition coefficient (Wildman–Crippen LogP) is 0.541. The molecule has 3 fully saturated rings. The lowest BCUT2D eigenvalue weighted by atomic mass is 9.97. The Balaban J connectivity index is 1.25. The smallest absolute Gasteiger partial charge is 0.309 e. The summed E-state index contributed by atoms with van der Waals surface area (Å²) in [6, 6.07) is 0. The van der Waals surface area contributed by atoms with Crippen LogP contribution in [0, 0.1) is 5.92 Å². The number of likely N-dealkylation sites (tertiary alicyclic amines) is 1. The first-order chi connectivity index (χ1) is 12.7. The standard InChI is InChI=1S/C18H33IN4O3/c19-23-9-7-21(8-10-23)6-5-20-3-1-17(2-4-20)18(24)26-16-13-22-11-14-25-15-12-22/h17H,1-16H2. The van der Waals surface area contributed by atoms with E-state index in [2.05, 4.69) is 40.7 Å². The van der Waals surface area contributed by atoms with Crippen molar-refractivity contribution in [2.45, 2.75) is 12.8 Å². The molecule has 7 nitrogen and oxygen atoms in total. The minimum absolute atomic E-state index is 0.0103. The first-order valence-electron chi connectivity index (χ1n) is 10.0. The van der Waals surface area contributed by atoms with Crippen molar-refractivity contribution in [1.29, 1.82) is 0 Å². The number of carbonyl (C=O) groups excluding carboxylic acids is 1. The maximum absolute atomic E-state index is 12.3. The van der Waals surface area contributed by atoms with E-state index in [9.17, 15) is 4.79 Å². The SMILES string of the molecule is O=C(OCCN1CCOCC1)C1CCN(CCN2CCN(I)CC2)CC1. The number of nitrogens with zero attached hydrogens (tertiary/aromatic N) is 4. The zero-order chi connectivity index (χ0) is 18.2. The van der Waals surface area contributed by atoms with Gasteiger partial charge in [0, 0.05) is 81.8 Å². The predicted molar refractivity (Wildman–Crippen MR) is 109 cm³/mol. The zero-order valence-electron chi connectivity index (χ0n) is 15.8. The Kier molecular flexibility index (Phi) is 8.86. The highest BCUT2D eigenvalue weighted by Crippen LogP contribution is 2.18. The van der Waals surface area contributed by atoms with Gasteiger partial charge in [-0.25, -0.2) is 3.11 Å². The molecular formula is C18H33IN4O3. The monoisotopic (exact) mass is 480 g/mol. The summed E-state index contributed by atoms with van der Waals surface area (Å²) in [6.07, 6.45) is 1.88. The minimum atomic E-state index is 0.0103. The van der Waals surface area contributed by atoms with Gasteiger partial charge in [-0.05, 0) is 25.9 Å². The summed E-state index contributed by atoms with van der Waals surface area (Å²) in [4.78, 5) is 19.7. The van der Waals surface area contributed by atoms with Crippen molar-refractivity contribution in [1.82, 2.24) is 17.8 Å². The van der Waals surface area contributed by atoms with Crippen molar-refractivity contribution >= 4 is 28.8 Å². The molecule has 0 bridgehead atoms. The number of esters is 1. The van der Waals surface area contributed by atoms with Gasteiger partial charge in [-0.1, -0.05) is 0 Å². The van der Waals surface area contributed by atoms with Crippen LogP contribution in [-0.2, 0) is 14.3 Å². The molecule has 0 aromatic rings. The van der Waals surface area contributed by atoms with E-state index in [4.69, 9.17) is 9.47 Å². The lowest BCUT2D eigenvalue weighted by Gasteiger charge is -2.35. The lowest BCUT2D eigenvalue weighted by molar-refractivity contribution is -0.150. The van der Waals surface area contributed by atoms with E-state index in [1.165, 1.54) is 26.2 Å². The van der Waals surface area contributed by atoms with E-state index in [-0.39, 0.29) is 11.9 Å². The quantitative estimate of drug-likeness (QED) is 0.300. The summed E-state index contributed by atoms with van der Waals surface area (Å²) in [7, 11) is 0. The molecule has 26 heavy (non-hydrogen) atoms. The summed E-state index contributed by atoms with van der Waals surface area (Å²) >= 11 is 2.41. The zero-order valence-corrected chi connectivity index (χ0v) is 17.9. The second-order valence-corrected chi connectivity index (χ2v) is 8.85. The molecule has 0 amide bonds. The van der Waals surface area contributed by atoms with Gasteiger partial charge >= 0.3 is 5.97 Å². The molecule has 0 N–H and O–H groups in total. The molecule has 3 rings (SSSR count).